The summed E-state index contributed by atoms with van der Waals surface area (Å²) in [7, 11) is 1.20. The lowest BCUT2D eigenvalue weighted by Gasteiger charge is -2.11. The van der Waals surface area contributed by atoms with Crippen molar-refractivity contribution >= 4 is 27.4 Å². The van der Waals surface area contributed by atoms with Crippen molar-refractivity contribution in [3.05, 3.63) is 66.6 Å². The van der Waals surface area contributed by atoms with Gasteiger partial charge in [-0.15, -0.1) is 0 Å². The number of amides is 1. The van der Waals surface area contributed by atoms with E-state index in [4.69, 9.17) is 0 Å². The number of nitrogens with one attached hydrogen (secondary N) is 2. The van der Waals surface area contributed by atoms with Gasteiger partial charge in [-0.05, 0) is 42.9 Å². The maximum Gasteiger partial charge on any atom is 0.253 e. The highest BCUT2D eigenvalue weighted by Gasteiger charge is 2.12. The van der Waals surface area contributed by atoms with E-state index in [2.05, 4.69) is 20.0 Å². The van der Waals surface area contributed by atoms with Crippen LogP contribution in [0.2, 0.25) is 0 Å². The fourth-order valence-corrected chi connectivity index (χ4v) is 3.32. The van der Waals surface area contributed by atoms with Crippen molar-refractivity contribution < 1.29 is 13.2 Å². The molecule has 0 fully saturated rings. The summed E-state index contributed by atoms with van der Waals surface area (Å²) in [6, 6.07) is 12.5. The van der Waals surface area contributed by atoms with E-state index >= 15 is 0 Å². The van der Waals surface area contributed by atoms with Gasteiger partial charge in [0.25, 0.3) is 5.91 Å². The van der Waals surface area contributed by atoms with E-state index in [1.165, 1.54) is 30.4 Å². The predicted octanol–water partition coefficient (Wildman–Crippen LogP) is 2.50. The predicted molar refractivity (Wildman–Crippen MR) is 111 cm³/mol. The molecule has 2 heterocycles. The molecule has 29 heavy (non-hydrogen) atoms. The smallest absolute Gasteiger partial charge is 0.253 e. The largest absolute Gasteiger partial charge is 0.345 e. The minimum Gasteiger partial charge on any atom is -0.345 e. The van der Waals surface area contributed by atoms with Crippen molar-refractivity contribution in [1.82, 2.24) is 19.6 Å². The van der Waals surface area contributed by atoms with E-state index < -0.39 is 10.0 Å². The number of carbonyl (C=O) groups excluding carboxylic acids is 1. The number of pyridine rings is 2. The zero-order chi connectivity index (χ0) is 21.0. The van der Waals surface area contributed by atoms with Gasteiger partial charge in [-0.2, -0.15) is 0 Å². The molecule has 0 bridgehead atoms. The van der Waals surface area contributed by atoms with Gasteiger partial charge in [0.2, 0.25) is 10.0 Å². The summed E-state index contributed by atoms with van der Waals surface area (Å²) >= 11 is 0. The molecular formula is C20H21N5O3S. The molecule has 0 atom stereocenters. The third kappa shape index (κ3) is 4.76. The Kier molecular flexibility index (Phi) is 5.90. The Labute approximate surface area is 169 Å². The highest BCUT2D eigenvalue weighted by Crippen LogP contribution is 2.22. The second kappa shape index (κ2) is 8.38. The second-order valence-electron chi connectivity index (χ2n) is 6.45. The minimum atomic E-state index is -3.57. The topological polar surface area (TPSA) is 104 Å². The Morgan fingerprint density at radius 3 is 2.24 bits per heavy atom. The average molecular weight is 411 g/mol. The number of nitrogens with zero attached hydrogens (tertiary/aromatic N) is 3. The maximum atomic E-state index is 12.0. The first-order chi connectivity index (χ1) is 13.8. The molecule has 0 saturated heterocycles. The zero-order valence-corrected chi connectivity index (χ0v) is 17.1. The standard InChI is InChI=1S/C20H21N5O3S/c1-21-29(27,28)18-10-17(12-22-13-18)24-19-9-8-16(11-23-19)14-4-6-15(7-5-14)20(26)25(2)3/h4-13,21H,1-3H3,(H,23,24). The van der Waals surface area contributed by atoms with Gasteiger partial charge in [-0.1, -0.05) is 12.1 Å². The van der Waals surface area contributed by atoms with Crippen LogP contribution in [0.5, 0.6) is 0 Å². The monoisotopic (exact) mass is 411 g/mol. The van der Waals surface area contributed by atoms with Gasteiger partial charge in [0.15, 0.2) is 0 Å². The van der Waals surface area contributed by atoms with E-state index in [-0.39, 0.29) is 10.8 Å². The van der Waals surface area contributed by atoms with Crippen molar-refractivity contribution in [2.24, 2.45) is 0 Å². The first-order valence-corrected chi connectivity index (χ1v) is 10.2. The van der Waals surface area contributed by atoms with Gasteiger partial charge < -0.3 is 10.2 Å². The number of hydrogen-bond acceptors (Lipinski definition) is 6. The first-order valence-electron chi connectivity index (χ1n) is 8.74. The fourth-order valence-electron chi connectivity index (χ4n) is 2.60. The van der Waals surface area contributed by atoms with Crippen LogP contribution >= 0.6 is 0 Å². The number of sulfonamides is 1. The summed E-state index contributed by atoms with van der Waals surface area (Å²) in [6.45, 7) is 0. The summed E-state index contributed by atoms with van der Waals surface area (Å²) in [5, 5.41) is 3.04. The maximum absolute atomic E-state index is 12.0. The molecule has 1 aromatic carbocycles. The summed E-state index contributed by atoms with van der Waals surface area (Å²) < 4.78 is 26.0. The lowest BCUT2D eigenvalue weighted by Crippen LogP contribution is -2.21. The molecule has 2 N–H and O–H groups in total. The molecule has 0 aliphatic carbocycles. The van der Waals surface area contributed by atoms with Crippen LogP contribution in [0.4, 0.5) is 11.5 Å². The summed E-state index contributed by atoms with van der Waals surface area (Å²) in [5.74, 6) is 0.499. The highest BCUT2D eigenvalue weighted by atomic mass is 32.2. The number of hydrogen-bond donors (Lipinski definition) is 2. The Morgan fingerprint density at radius 2 is 1.66 bits per heavy atom. The number of carbonyl (C=O) groups is 1. The van der Waals surface area contributed by atoms with Crippen molar-refractivity contribution in [3.63, 3.8) is 0 Å². The van der Waals surface area contributed by atoms with E-state index in [1.807, 2.05) is 18.2 Å². The molecule has 2 aromatic heterocycles. The van der Waals surface area contributed by atoms with Crippen molar-refractivity contribution in [2.75, 3.05) is 26.5 Å². The Bertz CT molecular complexity index is 1110. The van der Waals surface area contributed by atoms with Crippen molar-refractivity contribution in [1.29, 1.82) is 0 Å². The highest BCUT2D eigenvalue weighted by molar-refractivity contribution is 7.89. The molecule has 150 valence electrons. The van der Waals surface area contributed by atoms with Gasteiger partial charge in [0, 0.05) is 37.6 Å². The molecule has 0 radical (unpaired) electrons. The lowest BCUT2D eigenvalue weighted by molar-refractivity contribution is 0.0827. The van der Waals surface area contributed by atoms with E-state index in [1.54, 1.807) is 38.5 Å². The normalized spacial score (nSPS) is 11.1. The van der Waals surface area contributed by atoms with Gasteiger partial charge in [0.1, 0.15) is 10.7 Å². The summed E-state index contributed by atoms with van der Waals surface area (Å²) in [6.07, 6.45) is 4.50. The minimum absolute atomic E-state index is 0.0506. The molecule has 0 spiro atoms. The lowest BCUT2D eigenvalue weighted by atomic mass is 10.1. The van der Waals surface area contributed by atoms with E-state index in [0.717, 1.165) is 11.1 Å². The van der Waals surface area contributed by atoms with Crippen molar-refractivity contribution in [3.8, 4) is 11.1 Å². The van der Waals surface area contributed by atoms with Crippen LogP contribution in [-0.4, -0.2) is 50.3 Å². The molecule has 1 amide bonds. The Hall–Kier alpha value is -3.30. The van der Waals surface area contributed by atoms with Crippen LogP contribution in [0.25, 0.3) is 11.1 Å². The molecule has 3 rings (SSSR count). The molecular weight excluding hydrogens is 390 g/mol. The molecule has 9 heteroatoms. The van der Waals surface area contributed by atoms with Gasteiger partial charge in [-0.3, -0.25) is 9.78 Å². The number of rotatable bonds is 6. The third-order valence-corrected chi connectivity index (χ3v) is 5.58. The van der Waals surface area contributed by atoms with Crippen LogP contribution in [0.15, 0.2) is 66.0 Å². The first kappa shape index (κ1) is 20.4. The Balaban J connectivity index is 1.76. The molecule has 0 unspecified atom stereocenters. The van der Waals surface area contributed by atoms with Crippen LogP contribution in [-0.2, 0) is 10.0 Å². The van der Waals surface area contributed by atoms with Crippen LogP contribution < -0.4 is 10.0 Å². The molecule has 0 aliphatic heterocycles. The summed E-state index contributed by atoms with van der Waals surface area (Å²) in [4.78, 5) is 21.9. The van der Waals surface area contributed by atoms with Gasteiger partial charge in [0.05, 0.1) is 11.9 Å². The quantitative estimate of drug-likeness (QED) is 0.646. The molecule has 8 nitrogen and oxygen atoms in total. The average Bonchev–Trinajstić information content (AvgIpc) is 2.74. The van der Waals surface area contributed by atoms with E-state index in [0.29, 0.717) is 17.1 Å². The zero-order valence-electron chi connectivity index (χ0n) is 16.2. The molecule has 3 aromatic rings. The van der Waals surface area contributed by atoms with Crippen LogP contribution in [0.1, 0.15) is 10.4 Å². The summed E-state index contributed by atoms with van der Waals surface area (Å²) in [5.41, 5.74) is 2.95. The van der Waals surface area contributed by atoms with Crippen LogP contribution in [0.3, 0.4) is 0 Å². The second-order valence-corrected chi connectivity index (χ2v) is 8.34. The molecule has 0 saturated carbocycles. The molecule has 0 aliphatic rings. The van der Waals surface area contributed by atoms with Crippen molar-refractivity contribution in [2.45, 2.75) is 4.90 Å². The van der Waals surface area contributed by atoms with Gasteiger partial charge in [-0.25, -0.2) is 18.1 Å². The van der Waals surface area contributed by atoms with Gasteiger partial charge >= 0.3 is 0 Å². The fraction of sp³-hybridized carbons (Fsp3) is 0.150. The van der Waals surface area contributed by atoms with E-state index in [9.17, 15) is 13.2 Å². The SMILES string of the molecule is CNS(=O)(=O)c1cncc(Nc2ccc(-c3ccc(C(=O)N(C)C)cc3)cn2)c1. The number of anilines is 2. The Morgan fingerprint density at radius 1 is 0.966 bits per heavy atom. The van der Waals surface area contributed by atoms with Crippen LogP contribution in [0, 0.1) is 0 Å². The number of benzene rings is 1. The third-order valence-electron chi connectivity index (χ3n) is 4.20. The number of aromatic nitrogens is 2.